The number of nitrogens with two attached hydrogens (primary N) is 1. The second-order valence-electron chi connectivity index (χ2n) is 7.51. The molecular weight excluding hydrogens is 286 g/mol. The van der Waals surface area contributed by atoms with E-state index in [-0.39, 0.29) is 23.9 Å². The van der Waals surface area contributed by atoms with Crippen molar-refractivity contribution in [2.45, 2.75) is 37.8 Å². The van der Waals surface area contributed by atoms with Crippen LogP contribution in [-0.2, 0) is 4.79 Å². The fourth-order valence-corrected chi connectivity index (χ4v) is 4.02. The minimum absolute atomic E-state index is 0.0194. The Morgan fingerprint density at radius 1 is 1.09 bits per heavy atom. The first-order valence-electron chi connectivity index (χ1n) is 9.06. The third kappa shape index (κ3) is 3.15. The van der Waals surface area contributed by atoms with Crippen molar-refractivity contribution in [3.63, 3.8) is 0 Å². The lowest BCUT2D eigenvalue weighted by Gasteiger charge is -2.46. The molecule has 1 aromatic rings. The first-order chi connectivity index (χ1) is 11.2. The normalized spacial score (nSPS) is 31.7. The molecule has 0 aromatic heterocycles. The standard InChI is InChI=1S/C19H27N3O/c20-17-8-10-21(12-14-6-7-14)13-16(17)19(23)22-11-9-18(22)15-4-2-1-3-5-15/h1-5,14,16-18H,6-13,20H2/t16-,17-,18+/m0/s1. The molecule has 1 aliphatic carbocycles. The summed E-state index contributed by atoms with van der Waals surface area (Å²) in [4.78, 5) is 17.6. The molecule has 4 nitrogen and oxygen atoms in total. The Hall–Kier alpha value is -1.39. The molecule has 2 heterocycles. The van der Waals surface area contributed by atoms with Crippen molar-refractivity contribution >= 4 is 5.91 Å². The van der Waals surface area contributed by atoms with Gasteiger partial charge in [0.15, 0.2) is 0 Å². The van der Waals surface area contributed by atoms with Gasteiger partial charge in [-0.25, -0.2) is 0 Å². The van der Waals surface area contributed by atoms with Gasteiger partial charge < -0.3 is 15.5 Å². The van der Waals surface area contributed by atoms with Crippen LogP contribution in [-0.4, -0.2) is 47.9 Å². The van der Waals surface area contributed by atoms with Crippen molar-refractivity contribution in [2.75, 3.05) is 26.2 Å². The van der Waals surface area contributed by atoms with E-state index in [4.69, 9.17) is 5.73 Å². The van der Waals surface area contributed by atoms with Crippen LogP contribution in [0.4, 0.5) is 0 Å². The van der Waals surface area contributed by atoms with E-state index >= 15 is 0 Å². The lowest BCUT2D eigenvalue weighted by molar-refractivity contribution is -0.146. The molecule has 3 atom stereocenters. The highest BCUT2D eigenvalue weighted by atomic mass is 16.2. The molecule has 0 radical (unpaired) electrons. The van der Waals surface area contributed by atoms with E-state index in [9.17, 15) is 4.79 Å². The number of hydrogen-bond donors (Lipinski definition) is 1. The third-order valence-corrected chi connectivity index (χ3v) is 5.77. The Balaban J connectivity index is 1.42. The van der Waals surface area contributed by atoms with Gasteiger partial charge in [0.25, 0.3) is 0 Å². The van der Waals surface area contributed by atoms with Gasteiger partial charge in [-0.3, -0.25) is 4.79 Å². The topological polar surface area (TPSA) is 49.6 Å². The van der Waals surface area contributed by atoms with E-state index in [0.29, 0.717) is 0 Å². The van der Waals surface area contributed by atoms with E-state index in [0.717, 1.165) is 38.4 Å². The van der Waals surface area contributed by atoms with Gasteiger partial charge >= 0.3 is 0 Å². The van der Waals surface area contributed by atoms with Crippen LogP contribution in [0.25, 0.3) is 0 Å². The van der Waals surface area contributed by atoms with Crippen molar-refractivity contribution in [3.8, 4) is 0 Å². The molecule has 2 N–H and O–H groups in total. The lowest BCUT2D eigenvalue weighted by Crippen LogP contribution is -2.57. The molecule has 4 heteroatoms. The monoisotopic (exact) mass is 313 g/mol. The van der Waals surface area contributed by atoms with Gasteiger partial charge in [0.2, 0.25) is 5.91 Å². The Morgan fingerprint density at radius 2 is 1.87 bits per heavy atom. The van der Waals surface area contributed by atoms with Gasteiger partial charge in [0.05, 0.1) is 12.0 Å². The number of likely N-dealkylation sites (tertiary alicyclic amines) is 2. The molecule has 0 bridgehead atoms. The van der Waals surface area contributed by atoms with Crippen LogP contribution >= 0.6 is 0 Å². The number of rotatable bonds is 4. The molecular formula is C19H27N3O. The van der Waals surface area contributed by atoms with Crippen LogP contribution in [0.5, 0.6) is 0 Å². The summed E-state index contributed by atoms with van der Waals surface area (Å²) in [5, 5.41) is 0. The zero-order chi connectivity index (χ0) is 15.8. The Labute approximate surface area is 138 Å². The summed E-state index contributed by atoms with van der Waals surface area (Å²) >= 11 is 0. The summed E-state index contributed by atoms with van der Waals surface area (Å²) in [7, 11) is 0. The number of carbonyl (C=O) groups excluding carboxylic acids is 1. The van der Waals surface area contributed by atoms with E-state index in [1.54, 1.807) is 0 Å². The number of carbonyl (C=O) groups is 1. The lowest BCUT2D eigenvalue weighted by atomic mass is 9.87. The first kappa shape index (κ1) is 15.2. The summed E-state index contributed by atoms with van der Waals surface area (Å²) in [5.41, 5.74) is 7.57. The summed E-state index contributed by atoms with van der Waals surface area (Å²) < 4.78 is 0. The van der Waals surface area contributed by atoms with Crippen LogP contribution < -0.4 is 5.73 Å². The van der Waals surface area contributed by atoms with Crippen molar-refractivity contribution in [3.05, 3.63) is 35.9 Å². The highest BCUT2D eigenvalue weighted by Gasteiger charge is 2.41. The predicted octanol–water partition coefficient (Wildman–Crippen LogP) is 2.02. The maximum Gasteiger partial charge on any atom is 0.229 e. The summed E-state index contributed by atoms with van der Waals surface area (Å²) in [6.45, 7) is 3.96. The third-order valence-electron chi connectivity index (χ3n) is 5.77. The zero-order valence-electron chi connectivity index (χ0n) is 13.7. The first-order valence-corrected chi connectivity index (χ1v) is 9.06. The SMILES string of the molecule is N[C@H]1CCN(CC2CC2)C[C@@H]1C(=O)N1CC[C@@H]1c1ccccc1. The van der Waals surface area contributed by atoms with Crippen LogP contribution in [0.2, 0.25) is 0 Å². The Kier molecular flexibility index (Phi) is 4.12. The summed E-state index contributed by atoms with van der Waals surface area (Å²) in [5.74, 6) is 1.13. The molecule has 3 aliphatic rings. The smallest absolute Gasteiger partial charge is 0.229 e. The highest BCUT2D eigenvalue weighted by Crippen LogP contribution is 2.36. The highest BCUT2D eigenvalue weighted by molar-refractivity contribution is 5.81. The van der Waals surface area contributed by atoms with Crippen molar-refractivity contribution in [1.82, 2.24) is 9.80 Å². The number of benzene rings is 1. The second kappa shape index (κ2) is 6.25. The molecule has 0 spiro atoms. The molecule has 2 saturated heterocycles. The molecule has 2 aliphatic heterocycles. The van der Waals surface area contributed by atoms with E-state index in [2.05, 4.69) is 34.1 Å². The minimum atomic E-state index is -0.0194. The summed E-state index contributed by atoms with van der Waals surface area (Å²) in [6, 6.07) is 10.7. The quantitative estimate of drug-likeness (QED) is 0.925. The van der Waals surface area contributed by atoms with Crippen LogP contribution in [0.15, 0.2) is 30.3 Å². The largest absolute Gasteiger partial charge is 0.335 e. The van der Waals surface area contributed by atoms with Crippen molar-refractivity contribution in [1.29, 1.82) is 0 Å². The molecule has 3 fully saturated rings. The van der Waals surface area contributed by atoms with Crippen LogP contribution in [0.1, 0.15) is 37.3 Å². The molecule has 124 valence electrons. The van der Waals surface area contributed by atoms with Gasteiger partial charge in [-0.1, -0.05) is 30.3 Å². The van der Waals surface area contributed by atoms with Gasteiger partial charge in [-0.05, 0) is 43.7 Å². The average molecular weight is 313 g/mol. The molecule has 1 aromatic carbocycles. The Bertz CT molecular complexity index is 557. The summed E-state index contributed by atoms with van der Waals surface area (Å²) in [6.07, 6.45) is 4.75. The number of piperidine rings is 1. The fraction of sp³-hybridized carbons (Fsp3) is 0.632. The van der Waals surface area contributed by atoms with E-state index in [1.807, 2.05) is 6.07 Å². The maximum atomic E-state index is 13.0. The van der Waals surface area contributed by atoms with Gasteiger partial charge in [0, 0.05) is 25.7 Å². The zero-order valence-corrected chi connectivity index (χ0v) is 13.7. The minimum Gasteiger partial charge on any atom is -0.335 e. The molecule has 0 unspecified atom stereocenters. The molecule has 4 rings (SSSR count). The number of nitrogens with zero attached hydrogens (tertiary/aromatic N) is 2. The number of hydrogen-bond acceptors (Lipinski definition) is 3. The predicted molar refractivity (Wildman–Crippen MR) is 90.8 cm³/mol. The van der Waals surface area contributed by atoms with E-state index < -0.39 is 0 Å². The molecule has 23 heavy (non-hydrogen) atoms. The fourth-order valence-electron chi connectivity index (χ4n) is 4.02. The van der Waals surface area contributed by atoms with Gasteiger partial charge in [0.1, 0.15) is 0 Å². The Morgan fingerprint density at radius 3 is 2.52 bits per heavy atom. The second-order valence-corrected chi connectivity index (χ2v) is 7.51. The average Bonchev–Trinajstić information content (AvgIpc) is 3.33. The van der Waals surface area contributed by atoms with Crippen LogP contribution in [0.3, 0.4) is 0 Å². The molecule has 1 amide bonds. The molecule has 1 saturated carbocycles. The van der Waals surface area contributed by atoms with Crippen molar-refractivity contribution < 1.29 is 4.79 Å². The number of amides is 1. The maximum absolute atomic E-state index is 13.0. The van der Waals surface area contributed by atoms with E-state index in [1.165, 1.54) is 24.9 Å². The van der Waals surface area contributed by atoms with Crippen molar-refractivity contribution in [2.24, 2.45) is 17.6 Å². The van der Waals surface area contributed by atoms with Crippen LogP contribution in [0, 0.1) is 11.8 Å². The van der Waals surface area contributed by atoms with Gasteiger partial charge in [-0.2, -0.15) is 0 Å². The van der Waals surface area contributed by atoms with Gasteiger partial charge in [-0.15, -0.1) is 0 Å².